The minimum absolute atomic E-state index is 0.0493. The summed E-state index contributed by atoms with van der Waals surface area (Å²) in [6.45, 7) is 9.25. The van der Waals surface area contributed by atoms with E-state index in [9.17, 15) is 4.79 Å². The number of rotatable bonds is 3. The molecule has 0 unspecified atom stereocenters. The van der Waals surface area contributed by atoms with Gasteiger partial charge in [-0.15, -0.1) is 0 Å². The van der Waals surface area contributed by atoms with Crippen LogP contribution in [0.1, 0.15) is 49.1 Å². The Labute approximate surface area is 138 Å². The fraction of sp³-hybridized carbons (Fsp3) is 0.667. The number of amides is 1. The third kappa shape index (κ3) is 3.72. The number of ether oxygens (including phenoxy) is 1. The van der Waals surface area contributed by atoms with Crippen molar-refractivity contribution in [2.24, 2.45) is 5.92 Å². The van der Waals surface area contributed by atoms with E-state index in [0.29, 0.717) is 13.2 Å². The van der Waals surface area contributed by atoms with Gasteiger partial charge in [-0.3, -0.25) is 9.78 Å². The van der Waals surface area contributed by atoms with Crippen molar-refractivity contribution in [2.75, 3.05) is 13.2 Å². The summed E-state index contributed by atoms with van der Waals surface area (Å²) in [7, 11) is 0. The molecule has 1 amide bonds. The lowest BCUT2D eigenvalue weighted by Crippen LogP contribution is -2.41. The molecular formula is C18H27N3O2. The van der Waals surface area contributed by atoms with Crippen molar-refractivity contribution in [3.05, 3.63) is 28.6 Å². The van der Waals surface area contributed by atoms with Crippen LogP contribution in [0.2, 0.25) is 0 Å². The summed E-state index contributed by atoms with van der Waals surface area (Å²) in [6, 6.07) is 0. The van der Waals surface area contributed by atoms with E-state index in [1.807, 2.05) is 13.1 Å². The molecule has 126 valence electrons. The molecule has 0 bridgehead atoms. The highest BCUT2D eigenvalue weighted by Crippen LogP contribution is 2.29. The Bertz CT molecular complexity index is 598. The quantitative estimate of drug-likeness (QED) is 0.893. The van der Waals surface area contributed by atoms with Gasteiger partial charge in [-0.25, -0.2) is 0 Å². The molecule has 1 aromatic heterocycles. The average Bonchev–Trinajstić information content (AvgIpc) is 2.52. The molecule has 1 aromatic rings. The number of carbonyl (C=O) groups excluding carboxylic acids is 1. The second-order valence-corrected chi connectivity index (χ2v) is 7.27. The number of fused-ring (bicyclic) bond motifs is 1. The summed E-state index contributed by atoms with van der Waals surface area (Å²) >= 11 is 0. The fourth-order valence-corrected chi connectivity index (χ4v) is 3.65. The molecule has 0 aromatic carbocycles. The van der Waals surface area contributed by atoms with Crippen LogP contribution in [0.4, 0.5) is 0 Å². The Hall–Kier alpha value is -1.46. The van der Waals surface area contributed by atoms with Gasteiger partial charge >= 0.3 is 0 Å². The normalized spacial score (nSPS) is 23.2. The molecule has 0 radical (unpaired) electrons. The molecule has 2 aliphatic heterocycles. The van der Waals surface area contributed by atoms with Crippen LogP contribution in [0, 0.1) is 12.8 Å². The summed E-state index contributed by atoms with van der Waals surface area (Å²) in [4.78, 5) is 17.0. The van der Waals surface area contributed by atoms with Gasteiger partial charge in [0, 0.05) is 37.5 Å². The lowest BCUT2D eigenvalue weighted by atomic mass is 9.87. The van der Waals surface area contributed by atoms with Crippen molar-refractivity contribution >= 4 is 5.91 Å². The second-order valence-electron chi connectivity index (χ2n) is 7.27. The van der Waals surface area contributed by atoms with E-state index in [1.165, 1.54) is 16.7 Å². The van der Waals surface area contributed by atoms with Crippen molar-refractivity contribution < 1.29 is 9.53 Å². The van der Waals surface area contributed by atoms with Crippen molar-refractivity contribution in [1.29, 1.82) is 0 Å². The van der Waals surface area contributed by atoms with Crippen LogP contribution in [0.15, 0.2) is 6.20 Å². The smallest absolute Gasteiger partial charge is 0.223 e. The molecule has 3 rings (SSSR count). The van der Waals surface area contributed by atoms with E-state index in [0.717, 1.165) is 38.0 Å². The van der Waals surface area contributed by atoms with Gasteiger partial charge in [-0.05, 0) is 63.3 Å². The first-order chi connectivity index (χ1) is 11.0. The van der Waals surface area contributed by atoms with E-state index in [-0.39, 0.29) is 17.4 Å². The molecule has 5 heteroatoms. The molecular weight excluding hydrogens is 290 g/mol. The van der Waals surface area contributed by atoms with E-state index < -0.39 is 0 Å². The third-order valence-corrected chi connectivity index (χ3v) is 4.98. The Morgan fingerprint density at radius 3 is 3.13 bits per heavy atom. The minimum Gasteiger partial charge on any atom is -0.376 e. The van der Waals surface area contributed by atoms with Gasteiger partial charge in [0.15, 0.2) is 0 Å². The van der Waals surface area contributed by atoms with Crippen molar-refractivity contribution in [3.63, 3.8) is 0 Å². The standard InChI is InChI=1S/C18H27N3O2/c1-12-16(15-4-6-19-9-14(15)10-20-12)11-21-17(22)13-5-7-23-18(2,3)8-13/h10,13,19H,4-9,11H2,1-3H3,(H,21,22)/t13-/m1/s1. The predicted molar refractivity (Wildman–Crippen MR) is 89.0 cm³/mol. The van der Waals surface area contributed by atoms with Crippen LogP contribution in [-0.2, 0) is 29.0 Å². The first-order valence-electron chi connectivity index (χ1n) is 8.55. The monoisotopic (exact) mass is 317 g/mol. The zero-order chi connectivity index (χ0) is 16.4. The fourth-order valence-electron chi connectivity index (χ4n) is 3.65. The summed E-state index contributed by atoms with van der Waals surface area (Å²) in [5.74, 6) is 0.195. The molecule has 23 heavy (non-hydrogen) atoms. The van der Waals surface area contributed by atoms with Gasteiger partial charge in [0.2, 0.25) is 5.91 Å². The number of nitrogens with zero attached hydrogens (tertiary/aromatic N) is 1. The first-order valence-corrected chi connectivity index (χ1v) is 8.55. The molecule has 1 fully saturated rings. The maximum absolute atomic E-state index is 12.5. The van der Waals surface area contributed by atoms with Crippen molar-refractivity contribution in [2.45, 2.75) is 58.7 Å². The van der Waals surface area contributed by atoms with Gasteiger partial charge in [-0.1, -0.05) is 0 Å². The Morgan fingerprint density at radius 1 is 1.52 bits per heavy atom. The Balaban J connectivity index is 1.67. The zero-order valence-corrected chi connectivity index (χ0v) is 14.4. The largest absolute Gasteiger partial charge is 0.376 e. The molecule has 3 heterocycles. The number of aryl methyl sites for hydroxylation is 1. The number of hydrogen-bond acceptors (Lipinski definition) is 4. The van der Waals surface area contributed by atoms with Crippen LogP contribution in [0.5, 0.6) is 0 Å². The van der Waals surface area contributed by atoms with Gasteiger partial charge in [-0.2, -0.15) is 0 Å². The highest BCUT2D eigenvalue weighted by Gasteiger charge is 2.32. The van der Waals surface area contributed by atoms with Crippen LogP contribution >= 0.6 is 0 Å². The molecule has 0 saturated carbocycles. The lowest BCUT2D eigenvalue weighted by Gasteiger charge is -2.34. The second kappa shape index (κ2) is 6.57. The third-order valence-electron chi connectivity index (χ3n) is 4.98. The van der Waals surface area contributed by atoms with Crippen LogP contribution in [0.3, 0.4) is 0 Å². The molecule has 1 atom stereocenters. The number of hydrogen-bond donors (Lipinski definition) is 2. The summed E-state index contributed by atoms with van der Waals surface area (Å²) in [5.41, 5.74) is 4.65. The van der Waals surface area contributed by atoms with Crippen LogP contribution in [0.25, 0.3) is 0 Å². The van der Waals surface area contributed by atoms with E-state index >= 15 is 0 Å². The SMILES string of the molecule is Cc1ncc2c(c1CNC(=O)[C@@H]1CCOC(C)(C)C1)CCNC2. The number of carbonyl (C=O) groups is 1. The van der Waals surface area contributed by atoms with Crippen molar-refractivity contribution in [1.82, 2.24) is 15.6 Å². The summed E-state index contributed by atoms with van der Waals surface area (Å²) < 4.78 is 5.71. The molecule has 1 saturated heterocycles. The van der Waals surface area contributed by atoms with Gasteiger partial charge < -0.3 is 15.4 Å². The maximum atomic E-state index is 12.5. The van der Waals surface area contributed by atoms with E-state index in [4.69, 9.17) is 4.74 Å². The highest BCUT2D eigenvalue weighted by atomic mass is 16.5. The highest BCUT2D eigenvalue weighted by molar-refractivity contribution is 5.78. The summed E-state index contributed by atoms with van der Waals surface area (Å²) in [5, 5.41) is 6.51. The van der Waals surface area contributed by atoms with E-state index in [2.05, 4.69) is 29.5 Å². The lowest BCUT2D eigenvalue weighted by molar-refractivity contribution is -0.135. The van der Waals surface area contributed by atoms with E-state index in [1.54, 1.807) is 0 Å². The summed E-state index contributed by atoms with van der Waals surface area (Å²) in [6.07, 6.45) is 4.56. The van der Waals surface area contributed by atoms with Crippen molar-refractivity contribution in [3.8, 4) is 0 Å². The molecule has 0 aliphatic carbocycles. The maximum Gasteiger partial charge on any atom is 0.223 e. The average molecular weight is 317 g/mol. The Morgan fingerprint density at radius 2 is 2.35 bits per heavy atom. The molecule has 2 aliphatic rings. The van der Waals surface area contributed by atoms with Gasteiger partial charge in [0.05, 0.1) is 5.60 Å². The Kier molecular flexibility index (Phi) is 4.69. The zero-order valence-electron chi connectivity index (χ0n) is 14.4. The van der Waals surface area contributed by atoms with Crippen LogP contribution < -0.4 is 10.6 Å². The number of nitrogens with one attached hydrogen (secondary N) is 2. The molecule has 0 spiro atoms. The molecule has 2 N–H and O–H groups in total. The number of aromatic nitrogens is 1. The molecule has 5 nitrogen and oxygen atoms in total. The first kappa shape index (κ1) is 16.4. The van der Waals surface area contributed by atoms with Crippen LogP contribution in [-0.4, -0.2) is 29.6 Å². The number of pyridine rings is 1. The topological polar surface area (TPSA) is 63.2 Å². The van der Waals surface area contributed by atoms with Gasteiger partial charge in [0.25, 0.3) is 0 Å². The predicted octanol–water partition coefficient (Wildman–Crippen LogP) is 1.86. The van der Waals surface area contributed by atoms with Gasteiger partial charge in [0.1, 0.15) is 0 Å². The minimum atomic E-state index is -0.199.